The molecule has 1 unspecified atom stereocenters. The van der Waals surface area contributed by atoms with Gasteiger partial charge < -0.3 is 0 Å². The van der Waals surface area contributed by atoms with E-state index in [2.05, 4.69) is 4.72 Å². The highest BCUT2D eigenvalue weighted by Gasteiger charge is 2.28. The molecule has 1 atom stereocenters. The van der Waals surface area contributed by atoms with Gasteiger partial charge in [-0.3, -0.25) is 0 Å². The van der Waals surface area contributed by atoms with Gasteiger partial charge in [-0.25, -0.2) is 25.9 Å². The molecule has 1 heterocycles. The average molecular weight is 270 g/mol. The molecule has 16 heavy (non-hydrogen) atoms. The van der Waals surface area contributed by atoms with Crippen molar-refractivity contribution in [1.29, 1.82) is 0 Å². The second-order valence-corrected chi connectivity index (χ2v) is 8.03. The van der Waals surface area contributed by atoms with Crippen molar-refractivity contribution in [2.45, 2.75) is 25.8 Å². The van der Waals surface area contributed by atoms with E-state index in [0.717, 1.165) is 6.26 Å². The molecule has 1 fully saturated rings. The van der Waals surface area contributed by atoms with Gasteiger partial charge >= 0.3 is 0 Å². The molecule has 0 radical (unpaired) electrons. The number of nitrogens with zero attached hydrogens (tertiary/aromatic N) is 1. The maximum Gasteiger partial charge on any atom is 0.213 e. The lowest BCUT2D eigenvalue weighted by molar-refractivity contribution is 0.304. The average Bonchev–Trinajstić information content (AvgIpc) is 2.15. The summed E-state index contributed by atoms with van der Waals surface area (Å²) in [7, 11) is -6.48. The van der Waals surface area contributed by atoms with E-state index in [1.165, 1.54) is 4.31 Å². The van der Waals surface area contributed by atoms with E-state index >= 15 is 0 Å². The van der Waals surface area contributed by atoms with Crippen LogP contribution in [0.25, 0.3) is 0 Å². The van der Waals surface area contributed by atoms with Crippen LogP contribution in [0.3, 0.4) is 0 Å². The van der Waals surface area contributed by atoms with E-state index in [-0.39, 0.29) is 18.3 Å². The number of hydrogen-bond acceptors (Lipinski definition) is 4. The summed E-state index contributed by atoms with van der Waals surface area (Å²) in [4.78, 5) is 0. The van der Waals surface area contributed by atoms with Gasteiger partial charge in [0, 0.05) is 19.1 Å². The molecule has 0 amide bonds. The number of piperidine rings is 1. The summed E-state index contributed by atoms with van der Waals surface area (Å²) in [6.45, 7) is 2.31. The third-order valence-corrected chi connectivity index (χ3v) is 5.13. The molecular formula is C8H18N2O4S2. The summed E-state index contributed by atoms with van der Waals surface area (Å²) in [5, 5.41) is 0. The first-order valence-electron chi connectivity index (χ1n) is 5.20. The van der Waals surface area contributed by atoms with Gasteiger partial charge in [-0.15, -0.1) is 0 Å². The fourth-order valence-electron chi connectivity index (χ4n) is 1.78. The van der Waals surface area contributed by atoms with Gasteiger partial charge in [0.15, 0.2) is 0 Å². The van der Waals surface area contributed by atoms with E-state index in [4.69, 9.17) is 0 Å². The van der Waals surface area contributed by atoms with Crippen LogP contribution in [0.4, 0.5) is 0 Å². The normalized spacial score (nSPS) is 24.5. The Labute approximate surface area is 97.1 Å². The predicted molar refractivity (Wildman–Crippen MR) is 62.0 cm³/mol. The van der Waals surface area contributed by atoms with Gasteiger partial charge in [0.05, 0.1) is 12.0 Å². The molecule has 1 aliphatic heterocycles. The van der Waals surface area contributed by atoms with Crippen LogP contribution in [0.1, 0.15) is 19.8 Å². The van der Waals surface area contributed by atoms with Gasteiger partial charge in [0.1, 0.15) is 0 Å². The zero-order valence-electron chi connectivity index (χ0n) is 9.51. The van der Waals surface area contributed by atoms with Crippen molar-refractivity contribution in [3.63, 3.8) is 0 Å². The van der Waals surface area contributed by atoms with Gasteiger partial charge in [0.2, 0.25) is 20.0 Å². The maximum absolute atomic E-state index is 11.6. The molecule has 1 N–H and O–H groups in total. The highest BCUT2D eigenvalue weighted by Crippen LogP contribution is 2.14. The molecular weight excluding hydrogens is 252 g/mol. The lowest BCUT2D eigenvalue weighted by Crippen LogP contribution is -2.49. The molecule has 0 aromatic heterocycles. The third kappa shape index (κ3) is 4.00. The van der Waals surface area contributed by atoms with Gasteiger partial charge in [-0.2, -0.15) is 0 Å². The van der Waals surface area contributed by atoms with Crippen molar-refractivity contribution >= 4 is 20.0 Å². The quantitative estimate of drug-likeness (QED) is 0.736. The predicted octanol–water partition coefficient (Wildman–Crippen LogP) is -0.650. The molecule has 0 aliphatic carbocycles. The van der Waals surface area contributed by atoms with Crippen LogP contribution in [-0.2, 0) is 20.0 Å². The van der Waals surface area contributed by atoms with E-state index in [0.29, 0.717) is 19.4 Å². The van der Waals surface area contributed by atoms with Gasteiger partial charge in [-0.05, 0) is 19.8 Å². The smallest absolute Gasteiger partial charge is 0.213 e. The third-order valence-electron chi connectivity index (χ3n) is 2.52. The van der Waals surface area contributed by atoms with Crippen LogP contribution < -0.4 is 4.72 Å². The van der Waals surface area contributed by atoms with Crippen LogP contribution in [-0.4, -0.2) is 52.3 Å². The Balaban J connectivity index is 2.68. The number of nitrogens with one attached hydrogen (secondary N) is 1. The second-order valence-electron chi connectivity index (χ2n) is 3.99. The lowest BCUT2D eigenvalue weighted by atomic mass is 10.1. The molecule has 8 heteroatoms. The minimum absolute atomic E-state index is 0.0542. The molecule has 1 aliphatic rings. The van der Waals surface area contributed by atoms with Crippen molar-refractivity contribution < 1.29 is 16.8 Å². The number of hydrogen-bond donors (Lipinski definition) is 1. The highest BCUT2D eigenvalue weighted by molar-refractivity contribution is 7.89. The summed E-state index contributed by atoms with van der Waals surface area (Å²) in [5.41, 5.74) is 0. The summed E-state index contributed by atoms with van der Waals surface area (Å²) >= 11 is 0. The standard InChI is InChI=1S/C8H18N2O4S2/c1-3-16(13,14)10-6-4-5-8(7-10)9-15(2,11)12/h8-9H,3-7H2,1-2H3. The Kier molecular flexibility index (Phi) is 4.33. The zero-order chi connectivity index (χ0) is 12.4. The molecule has 0 bridgehead atoms. The molecule has 0 saturated carbocycles. The molecule has 1 saturated heterocycles. The van der Waals surface area contributed by atoms with Crippen LogP contribution in [0, 0.1) is 0 Å². The van der Waals surface area contributed by atoms with Crippen LogP contribution in [0.15, 0.2) is 0 Å². The van der Waals surface area contributed by atoms with E-state index in [9.17, 15) is 16.8 Å². The lowest BCUT2D eigenvalue weighted by Gasteiger charge is -2.31. The Morgan fingerprint density at radius 2 is 1.94 bits per heavy atom. The first kappa shape index (κ1) is 13.9. The fourth-order valence-corrected chi connectivity index (χ4v) is 3.75. The molecule has 6 nitrogen and oxygen atoms in total. The summed E-state index contributed by atoms with van der Waals surface area (Å²) < 4.78 is 49.1. The Morgan fingerprint density at radius 1 is 1.31 bits per heavy atom. The summed E-state index contributed by atoms with van der Waals surface area (Å²) in [6, 6.07) is -0.301. The summed E-state index contributed by atoms with van der Waals surface area (Å²) in [5.74, 6) is 0.0542. The Bertz CT molecular complexity index is 429. The minimum atomic E-state index is -3.27. The Morgan fingerprint density at radius 3 is 2.44 bits per heavy atom. The van der Waals surface area contributed by atoms with Crippen molar-refractivity contribution in [2.24, 2.45) is 0 Å². The largest absolute Gasteiger partial charge is 0.213 e. The second kappa shape index (κ2) is 4.99. The molecule has 0 spiro atoms. The maximum atomic E-state index is 11.6. The zero-order valence-corrected chi connectivity index (χ0v) is 11.1. The fraction of sp³-hybridized carbons (Fsp3) is 1.00. The van der Waals surface area contributed by atoms with Crippen molar-refractivity contribution in [1.82, 2.24) is 9.03 Å². The number of sulfonamides is 2. The van der Waals surface area contributed by atoms with Crippen LogP contribution >= 0.6 is 0 Å². The van der Waals surface area contributed by atoms with Crippen molar-refractivity contribution in [3.05, 3.63) is 0 Å². The van der Waals surface area contributed by atoms with Gasteiger partial charge in [0.25, 0.3) is 0 Å². The molecule has 1 rings (SSSR count). The highest BCUT2D eigenvalue weighted by atomic mass is 32.2. The van der Waals surface area contributed by atoms with Gasteiger partial charge in [-0.1, -0.05) is 0 Å². The summed E-state index contributed by atoms with van der Waals surface area (Å²) in [6.07, 6.45) is 2.45. The Hall–Kier alpha value is -0.180. The molecule has 96 valence electrons. The first-order valence-corrected chi connectivity index (χ1v) is 8.70. The van der Waals surface area contributed by atoms with E-state index < -0.39 is 20.0 Å². The van der Waals surface area contributed by atoms with Crippen molar-refractivity contribution in [3.8, 4) is 0 Å². The van der Waals surface area contributed by atoms with E-state index in [1.54, 1.807) is 6.92 Å². The van der Waals surface area contributed by atoms with Crippen LogP contribution in [0.2, 0.25) is 0 Å². The molecule has 0 aromatic rings. The minimum Gasteiger partial charge on any atom is -0.213 e. The number of rotatable bonds is 4. The first-order chi connectivity index (χ1) is 7.24. The monoisotopic (exact) mass is 270 g/mol. The molecule has 0 aromatic carbocycles. The van der Waals surface area contributed by atoms with E-state index in [1.807, 2.05) is 0 Å². The topological polar surface area (TPSA) is 83.6 Å². The van der Waals surface area contributed by atoms with Crippen molar-refractivity contribution in [2.75, 3.05) is 25.1 Å². The van der Waals surface area contributed by atoms with Crippen LogP contribution in [0.5, 0.6) is 0 Å². The SMILES string of the molecule is CCS(=O)(=O)N1CCCC(NS(C)(=O)=O)C1.